The van der Waals surface area contributed by atoms with E-state index in [-0.39, 0.29) is 43.5 Å². The fourth-order valence-electron chi connectivity index (χ4n) is 9.43. The Hall–Kier alpha value is -6.70. The lowest BCUT2D eigenvalue weighted by Crippen LogP contribution is -2.58. The van der Waals surface area contributed by atoms with Gasteiger partial charge in [0.15, 0.2) is 0 Å². The van der Waals surface area contributed by atoms with Crippen LogP contribution in [0.5, 0.6) is 0 Å². The second-order valence-electron chi connectivity index (χ2n) is 19.5. The number of thioether (sulfide) groups is 2. The molecule has 0 aliphatic carbocycles. The first-order chi connectivity index (χ1) is 36.8. The number of esters is 1. The fraction of sp³-hybridized carbons (Fsp3) is 0.312. The summed E-state index contributed by atoms with van der Waals surface area (Å²) in [5.74, 6) is -1.95. The van der Waals surface area contributed by atoms with Gasteiger partial charge in [-0.3, -0.25) is 19.2 Å². The minimum absolute atomic E-state index is 0.0220. The van der Waals surface area contributed by atoms with Gasteiger partial charge >= 0.3 is 5.97 Å². The Bertz CT molecular complexity index is 2550. The van der Waals surface area contributed by atoms with Crippen LogP contribution >= 0.6 is 23.5 Å². The topological polar surface area (TPSA) is 154 Å². The zero-order chi connectivity index (χ0) is 54.3. The number of carbonyl (C=O) groups excluding carboxylic acids is 4. The van der Waals surface area contributed by atoms with Crippen LogP contribution in [0.15, 0.2) is 207 Å². The molecule has 6 rings (SSSR count). The third-order valence-corrected chi connectivity index (χ3v) is 16.3. The Kier molecular flexibility index (Phi) is 22.8. The van der Waals surface area contributed by atoms with Crippen molar-refractivity contribution in [2.75, 3.05) is 18.1 Å². The largest absolute Gasteiger partial charge is 0.461 e. The van der Waals surface area contributed by atoms with Crippen LogP contribution in [0, 0.1) is 11.8 Å². The lowest BCUT2D eigenvalue weighted by Gasteiger charge is -2.37. The molecule has 0 saturated heterocycles. The molecule has 0 aliphatic heterocycles. The van der Waals surface area contributed by atoms with Crippen LogP contribution in [-0.2, 0) is 33.4 Å². The zero-order valence-electron chi connectivity index (χ0n) is 44.0. The summed E-state index contributed by atoms with van der Waals surface area (Å²) in [7, 11) is 0. The second-order valence-corrected chi connectivity index (χ2v) is 22.1. The van der Waals surface area contributed by atoms with Crippen LogP contribution < -0.4 is 16.0 Å². The number of amides is 3. The lowest BCUT2D eigenvalue weighted by atomic mass is 9.84. The molecule has 0 heterocycles. The van der Waals surface area contributed by atoms with E-state index in [1.54, 1.807) is 6.08 Å². The number of hydrogen-bond donors (Lipinski definition) is 5. The van der Waals surface area contributed by atoms with E-state index in [0.29, 0.717) is 12.2 Å². The highest BCUT2D eigenvalue weighted by molar-refractivity contribution is 8.00. The Balaban J connectivity index is 1.21. The van der Waals surface area contributed by atoms with Crippen molar-refractivity contribution in [3.05, 3.63) is 240 Å². The molecule has 76 heavy (non-hydrogen) atoms. The maximum absolute atomic E-state index is 14.8. The van der Waals surface area contributed by atoms with Gasteiger partial charge in [0.05, 0.1) is 40.6 Å². The number of hydrogen-bond acceptors (Lipinski definition) is 9. The third-order valence-electron chi connectivity index (χ3n) is 13.1. The van der Waals surface area contributed by atoms with Crippen molar-refractivity contribution < 1.29 is 34.1 Å². The molecule has 0 saturated carbocycles. The van der Waals surface area contributed by atoms with Crippen molar-refractivity contribution in [2.24, 2.45) is 11.8 Å². The van der Waals surface area contributed by atoms with E-state index in [0.717, 1.165) is 33.4 Å². The van der Waals surface area contributed by atoms with Gasteiger partial charge in [0, 0.05) is 5.75 Å². The summed E-state index contributed by atoms with van der Waals surface area (Å²) in [6.45, 7) is 11.1. The standard InChI is InChI=1S/C64H73N3O7S2/c1-6-40-74-59(71)44-57(69)60(47(4)5)67-62(73)56(45-76-64(51-33-19-10-20-34-51,52-35-21-11-22-36-52)53-37-23-12-24-38-53)66-61(72)55(42-46(2)3)65-58(70)43-54(68)39-25-26-41-75-63(48-27-13-7-14-28-48,49-29-15-8-16-30-49)50-31-17-9-18-32-50/h6-25,27-39,46-47,54-57,60,68-69H,1,26,40-45H2,2-5H3,(H,65,70)(H,66,72)(H,67,73)/b39-25+/t54-,55+,56+,57-,60+/m0/s1. The Morgan fingerprint density at radius 2 is 0.974 bits per heavy atom. The van der Waals surface area contributed by atoms with Crippen LogP contribution in [0.2, 0.25) is 0 Å². The SMILES string of the molecule is C=CCOC(=O)C[C@H](O)[C@H](NC(=O)[C@@H](CSC(c1ccccc1)(c1ccccc1)c1ccccc1)NC(=O)[C@@H](CC(C)C)NC(=O)C[C@@H](O)/C=C/CCSC(c1ccccc1)(c1ccccc1)c1ccccc1)C(C)C. The van der Waals surface area contributed by atoms with Crippen LogP contribution in [0.25, 0.3) is 0 Å². The average Bonchev–Trinajstić information content (AvgIpc) is 3.43. The van der Waals surface area contributed by atoms with Crippen LogP contribution in [0.1, 0.15) is 86.8 Å². The first-order valence-corrected chi connectivity index (χ1v) is 28.1. The van der Waals surface area contributed by atoms with E-state index in [2.05, 4.69) is 95.3 Å². The molecule has 0 bridgehead atoms. The Morgan fingerprint density at radius 1 is 0.566 bits per heavy atom. The van der Waals surface area contributed by atoms with Crippen molar-refractivity contribution in [3.8, 4) is 0 Å². The predicted octanol–water partition coefficient (Wildman–Crippen LogP) is 10.8. The molecule has 3 amide bonds. The summed E-state index contributed by atoms with van der Waals surface area (Å²) in [6.07, 6.45) is 2.72. The summed E-state index contributed by atoms with van der Waals surface area (Å²) in [5, 5.41) is 31.4. The van der Waals surface area contributed by atoms with Gasteiger partial charge in [-0.05, 0) is 63.8 Å². The molecule has 5 N–H and O–H groups in total. The van der Waals surface area contributed by atoms with Crippen molar-refractivity contribution >= 4 is 47.2 Å². The van der Waals surface area contributed by atoms with Crippen molar-refractivity contribution in [3.63, 3.8) is 0 Å². The molecule has 0 unspecified atom stereocenters. The molecular weight excluding hydrogens is 987 g/mol. The molecular formula is C64H73N3O7S2. The average molecular weight is 1060 g/mol. The number of benzene rings is 6. The van der Waals surface area contributed by atoms with E-state index >= 15 is 0 Å². The molecule has 6 aromatic rings. The fourth-order valence-corrected chi connectivity index (χ4v) is 12.5. The van der Waals surface area contributed by atoms with Gasteiger partial charge in [0.2, 0.25) is 17.7 Å². The zero-order valence-corrected chi connectivity index (χ0v) is 45.6. The minimum Gasteiger partial charge on any atom is -0.461 e. The first kappa shape index (κ1) is 58.6. The number of allylic oxidation sites excluding steroid dienone is 1. The van der Waals surface area contributed by atoms with E-state index in [1.807, 2.05) is 155 Å². The molecule has 10 nitrogen and oxygen atoms in total. The summed E-state index contributed by atoms with van der Waals surface area (Å²) in [4.78, 5) is 55.9. The maximum Gasteiger partial charge on any atom is 0.308 e. The summed E-state index contributed by atoms with van der Waals surface area (Å²) >= 11 is 3.28. The third kappa shape index (κ3) is 15.9. The number of carbonyl (C=O) groups is 4. The van der Waals surface area contributed by atoms with Gasteiger partial charge < -0.3 is 30.9 Å². The van der Waals surface area contributed by atoms with Gasteiger partial charge in [-0.1, -0.05) is 234 Å². The molecule has 0 fully saturated rings. The van der Waals surface area contributed by atoms with Crippen molar-refractivity contribution in [2.45, 2.75) is 93.2 Å². The van der Waals surface area contributed by atoms with Crippen molar-refractivity contribution in [1.29, 1.82) is 0 Å². The summed E-state index contributed by atoms with van der Waals surface area (Å²) in [5.41, 5.74) is 6.31. The molecule has 0 spiro atoms. The highest BCUT2D eigenvalue weighted by atomic mass is 32.2. The minimum atomic E-state index is -1.30. The number of nitrogens with one attached hydrogen (secondary N) is 3. The van der Waals surface area contributed by atoms with Gasteiger partial charge in [0.25, 0.3) is 0 Å². The maximum atomic E-state index is 14.8. The van der Waals surface area contributed by atoms with Gasteiger partial charge in [-0.15, -0.1) is 23.5 Å². The second kappa shape index (κ2) is 29.6. The van der Waals surface area contributed by atoms with Crippen LogP contribution in [0.3, 0.4) is 0 Å². The molecule has 398 valence electrons. The number of aliphatic hydroxyl groups is 2. The van der Waals surface area contributed by atoms with E-state index in [1.165, 1.54) is 17.8 Å². The molecule has 0 aromatic heterocycles. The summed E-state index contributed by atoms with van der Waals surface area (Å²) in [6, 6.07) is 58.1. The van der Waals surface area contributed by atoms with E-state index in [9.17, 15) is 29.4 Å². The van der Waals surface area contributed by atoms with E-state index < -0.39 is 63.5 Å². The number of ether oxygens (including phenoxy) is 1. The Labute approximate surface area is 458 Å². The molecule has 0 aliphatic rings. The smallest absolute Gasteiger partial charge is 0.308 e. The summed E-state index contributed by atoms with van der Waals surface area (Å²) < 4.78 is 3.80. The number of rotatable bonds is 29. The first-order valence-electron chi connectivity index (χ1n) is 26.1. The number of aliphatic hydroxyl groups excluding tert-OH is 2. The lowest BCUT2D eigenvalue weighted by molar-refractivity contribution is -0.145. The van der Waals surface area contributed by atoms with Crippen LogP contribution in [0.4, 0.5) is 0 Å². The van der Waals surface area contributed by atoms with E-state index in [4.69, 9.17) is 4.74 Å². The molecule has 0 radical (unpaired) electrons. The normalized spacial score (nSPS) is 13.8. The quantitative estimate of drug-likeness (QED) is 0.0134. The Morgan fingerprint density at radius 3 is 1.37 bits per heavy atom. The molecule has 12 heteroatoms. The van der Waals surface area contributed by atoms with Gasteiger partial charge in [-0.2, -0.15) is 0 Å². The predicted molar refractivity (Wildman–Crippen MR) is 310 cm³/mol. The highest BCUT2D eigenvalue weighted by Crippen LogP contribution is 2.50. The molecule has 6 aromatic carbocycles. The van der Waals surface area contributed by atoms with Gasteiger partial charge in [0.1, 0.15) is 18.7 Å². The van der Waals surface area contributed by atoms with Crippen molar-refractivity contribution in [1.82, 2.24) is 16.0 Å². The molecule has 5 atom stereocenters. The van der Waals surface area contributed by atoms with Gasteiger partial charge in [-0.25, -0.2) is 0 Å². The highest BCUT2D eigenvalue weighted by Gasteiger charge is 2.41. The monoisotopic (exact) mass is 1060 g/mol. The van der Waals surface area contributed by atoms with Crippen LogP contribution in [-0.4, -0.2) is 82.3 Å².